The Morgan fingerprint density at radius 3 is 2.17 bits per heavy atom. The van der Waals surface area contributed by atoms with Gasteiger partial charge in [0, 0.05) is 16.5 Å². The average molecular weight is 391 g/mol. The Morgan fingerprint density at radius 2 is 1.43 bits per heavy atom. The van der Waals surface area contributed by atoms with Gasteiger partial charge in [0.1, 0.15) is 0 Å². The maximum atomic E-state index is 4.83. The van der Waals surface area contributed by atoms with Crippen LogP contribution in [0.2, 0.25) is 0 Å². The number of aromatic nitrogens is 4. The van der Waals surface area contributed by atoms with Gasteiger partial charge in [0.05, 0.1) is 22.6 Å². The second-order valence-electron chi connectivity index (χ2n) is 7.32. The van der Waals surface area contributed by atoms with E-state index in [4.69, 9.17) is 9.97 Å². The summed E-state index contributed by atoms with van der Waals surface area (Å²) >= 11 is 0. The van der Waals surface area contributed by atoms with Crippen LogP contribution in [-0.2, 0) is 0 Å². The lowest BCUT2D eigenvalue weighted by atomic mass is 10.1. The van der Waals surface area contributed by atoms with E-state index < -0.39 is 0 Å². The molecule has 2 aromatic heterocycles. The molecule has 5 rings (SSSR count). The highest BCUT2D eigenvalue weighted by molar-refractivity contribution is 5.83. The van der Waals surface area contributed by atoms with Gasteiger partial charge in [0.15, 0.2) is 0 Å². The molecule has 0 fully saturated rings. The number of hydrogen-bond donors (Lipinski definition) is 2. The molecule has 146 valence electrons. The molecule has 0 radical (unpaired) electrons. The lowest BCUT2D eigenvalue weighted by Gasteiger charge is -2.06. The molecule has 2 N–H and O–H groups in total. The second kappa shape index (κ2) is 7.44. The Morgan fingerprint density at radius 1 is 0.733 bits per heavy atom. The minimum Gasteiger partial charge on any atom is -0.323 e. The van der Waals surface area contributed by atoms with E-state index in [1.54, 1.807) is 0 Å². The maximum Gasteiger partial charge on any atom is 0.230 e. The van der Waals surface area contributed by atoms with Gasteiger partial charge < -0.3 is 4.98 Å². The van der Waals surface area contributed by atoms with Gasteiger partial charge in [-0.25, -0.2) is 15.0 Å². The summed E-state index contributed by atoms with van der Waals surface area (Å²) < 4.78 is 0. The van der Waals surface area contributed by atoms with Crippen LogP contribution in [-0.4, -0.2) is 19.9 Å². The first kappa shape index (κ1) is 18.1. The molecule has 0 aliphatic carbocycles. The fraction of sp³-hybridized carbons (Fsp3) is 0.0800. The molecule has 3 aromatic carbocycles. The Balaban J connectivity index is 1.59. The summed E-state index contributed by atoms with van der Waals surface area (Å²) in [5.74, 6) is 1.14. The van der Waals surface area contributed by atoms with Crippen molar-refractivity contribution in [3.63, 3.8) is 0 Å². The molecule has 0 saturated heterocycles. The molecular weight excluding hydrogens is 370 g/mol. The summed E-state index contributed by atoms with van der Waals surface area (Å²) in [5.41, 5.74) is 6.98. The number of imidazole rings is 1. The van der Waals surface area contributed by atoms with E-state index in [0.717, 1.165) is 39.1 Å². The molecule has 0 amide bonds. The Labute approximate surface area is 174 Å². The topological polar surface area (TPSA) is 66.5 Å². The monoisotopic (exact) mass is 391 g/mol. The number of rotatable bonds is 4. The van der Waals surface area contributed by atoms with E-state index in [2.05, 4.69) is 64.7 Å². The van der Waals surface area contributed by atoms with Gasteiger partial charge in [0.2, 0.25) is 11.9 Å². The van der Waals surface area contributed by atoms with Crippen molar-refractivity contribution >= 4 is 22.8 Å². The molecule has 0 unspecified atom stereocenters. The van der Waals surface area contributed by atoms with Gasteiger partial charge in [0.25, 0.3) is 0 Å². The number of aromatic amines is 1. The smallest absolute Gasteiger partial charge is 0.230 e. The highest BCUT2D eigenvalue weighted by Gasteiger charge is 2.15. The van der Waals surface area contributed by atoms with Crippen LogP contribution >= 0.6 is 0 Å². The highest BCUT2D eigenvalue weighted by atomic mass is 15.2. The second-order valence-corrected chi connectivity index (χ2v) is 7.32. The number of nitrogens with zero attached hydrogens (tertiary/aromatic N) is 3. The van der Waals surface area contributed by atoms with Gasteiger partial charge in [-0.15, -0.1) is 0 Å². The molecule has 0 aliphatic rings. The van der Waals surface area contributed by atoms with Crippen molar-refractivity contribution in [3.05, 3.63) is 90.1 Å². The Hall–Kier alpha value is -3.99. The predicted molar refractivity (Wildman–Crippen MR) is 122 cm³/mol. The van der Waals surface area contributed by atoms with Crippen LogP contribution in [0.5, 0.6) is 0 Å². The van der Waals surface area contributed by atoms with Crippen LogP contribution in [0.25, 0.3) is 33.4 Å². The molecule has 2 heterocycles. The zero-order chi connectivity index (χ0) is 20.5. The SMILES string of the molecule is Cc1ccc2c(C)nc(Nc3nc(-c4ccccc4)c(-c4ccccc4)[nH]3)nc2c1. The molecule has 0 bridgehead atoms. The molecular formula is C25H21N5. The first-order valence-electron chi connectivity index (χ1n) is 9.90. The molecule has 0 spiro atoms. The third-order valence-electron chi connectivity index (χ3n) is 5.09. The molecule has 5 aromatic rings. The third kappa shape index (κ3) is 3.42. The molecule has 0 aliphatic heterocycles. The van der Waals surface area contributed by atoms with Crippen molar-refractivity contribution in [2.75, 3.05) is 5.32 Å². The minimum absolute atomic E-state index is 0.526. The molecule has 5 nitrogen and oxygen atoms in total. The fourth-order valence-electron chi connectivity index (χ4n) is 3.61. The number of hydrogen-bond acceptors (Lipinski definition) is 4. The van der Waals surface area contributed by atoms with Gasteiger partial charge in [-0.2, -0.15) is 0 Å². The first-order chi connectivity index (χ1) is 14.7. The molecule has 30 heavy (non-hydrogen) atoms. The number of fused-ring (bicyclic) bond motifs is 1. The maximum absolute atomic E-state index is 4.83. The van der Waals surface area contributed by atoms with Crippen molar-refractivity contribution < 1.29 is 0 Å². The lowest BCUT2D eigenvalue weighted by Crippen LogP contribution is -2.01. The van der Waals surface area contributed by atoms with E-state index in [0.29, 0.717) is 11.9 Å². The largest absolute Gasteiger partial charge is 0.323 e. The summed E-state index contributed by atoms with van der Waals surface area (Å²) in [7, 11) is 0. The number of anilines is 2. The third-order valence-corrected chi connectivity index (χ3v) is 5.09. The van der Waals surface area contributed by atoms with Gasteiger partial charge in [-0.05, 0) is 25.5 Å². The van der Waals surface area contributed by atoms with Crippen LogP contribution in [0.1, 0.15) is 11.3 Å². The standard InChI is InChI=1S/C25H21N5/c1-16-13-14-20-17(2)26-24(27-21(20)15-16)30-25-28-22(18-9-5-3-6-10-18)23(29-25)19-11-7-4-8-12-19/h3-15H,1-2H3,(H2,26,27,28,29,30). The lowest BCUT2D eigenvalue weighted by molar-refractivity contribution is 1.13. The van der Waals surface area contributed by atoms with E-state index in [-0.39, 0.29) is 0 Å². The Bertz CT molecular complexity index is 1270. The summed E-state index contributed by atoms with van der Waals surface area (Å²) in [6.07, 6.45) is 0. The zero-order valence-electron chi connectivity index (χ0n) is 16.8. The number of benzene rings is 3. The average Bonchev–Trinajstić information content (AvgIpc) is 3.18. The van der Waals surface area contributed by atoms with E-state index in [9.17, 15) is 0 Å². The number of H-pyrrole nitrogens is 1. The van der Waals surface area contributed by atoms with Crippen LogP contribution in [0.4, 0.5) is 11.9 Å². The van der Waals surface area contributed by atoms with Crippen molar-refractivity contribution in [1.82, 2.24) is 19.9 Å². The van der Waals surface area contributed by atoms with Gasteiger partial charge in [-0.1, -0.05) is 72.8 Å². The normalized spacial score (nSPS) is 11.0. The molecule has 5 heteroatoms. The van der Waals surface area contributed by atoms with Crippen molar-refractivity contribution in [3.8, 4) is 22.5 Å². The summed E-state index contributed by atoms with van der Waals surface area (Å²) in [6.45, 7) is 4.06. The van der Waals surface area contributed by atoms with Gasteiger partial charge >= 0.3 is 0 Å². The van der Waals surface area contributed by atoms with E-state index in [1.807, 2.05) is 43.3 Å². The van der Waals surface area contributed by atoms with Crippen molar-refractivity contribution in [2.45, 2.75) is 13.8 Å². The van der Waals surface area contributed by atoms with E-state index in [1.165, 1.54) is 5.56 Å². The number of nitrogens with one attached hydrogen (secondary N) is 2. The van der Waals surface area contributed by atoms with Gasteiger partial charge in [-0.3, -0.25) is 5.32 Å². The van der Waals surface area contributed by atoms with Crippen LogP contribution in [0.3, 0.4) is 0 Å². The predicted octanol–water partition coefficient (Wildman–Crippen LogP) is 6.05. The first-order valence-corrected chi connectivity index (χ1v) is 9.90. The summed E-state index contributed by atoms with van der Waals surface area (Å²) in [5, 5.41) is 4.32. The highest BCUT2D eigenvalue weighted by Crippen LogP contribution is 2.32. The number of aryl methyl sites for hydroxylation is 2. The molecule has 0 saturated carbocycles. The van der Waals surface area contributed by atoms with Crippen LogP contribution < -0.4 is 5.32 Å². The molecule has 0 atom stereocenters. The fourth-order valence-corrected chi connectivity index (χ4v) is 3.61. The van der Waals surface area contributed by atoms with Crippen LogP contribution in [0.15, 0.2) is 78.9 Å². The minimum atomic E-state index is 0.526. The quantitative estimate of drug-likeness (QED) is 0.391. The van der Waals surface area contributed by atoms with Crippen molar-refractivity contribution in [1.29, 1.82) is 0 Å². The van der Waals surface area contributed by atoms with Crippen molar-refractivity contribution in [2.24, 2.45) is 0 Å². The summed E-state index contributed by atoms with van der Waals surface area (Å²) in [4.78, 5) is 17.6. The van der Waals surface area contributed by atoms with Crippen LogP contribution in [0, 0.1) is 13.8 Å². The Kier molecular flexibility index (Phi) is 4.48. The van der Waals surface area contributed by atoms with E-state index >= 15 is 0 Å². The zero-order valence-corrected chi connectivity index (χ0v) is 16.8. The summed E-state index contributed by atoms with van der Waals surface area (Å²) in [6, 6.07) is 26.6.